The number of ketones is 1. The van der Waals surface area contributed by atoms with E-state index >= 15 is 0 Å². The molecule has 2 aromatic rings. The van der Waals surface area contributed by atoms with E-state index in [-0.39, 0.29) is 18.1 Å². The molecular formula is C19H21N3O3. The van der Waals surface area contributed by atoms with Crippen LogP contribution in [-0.2, 0) is 11.2 Å². The Bertz CT molecular complexity index is 835. The van der Waals surface area contributed by atoms with Crippen molar-refractivity contribution in [1.82, 2.24) is 14.7 Å². The molecule has 1 heterocycles. The van der Waals surface area contributed by atoms with Crippen molar-refractivity contribution in [3.05, 3.63) is 59.1 Å². The summed E-state index contributed by atoms with van der Waals surface area (Å²) < 4.78 is 6.68. The average molecular weight is 339 g/mol. The molecule has 0 atom stereocenters. The number of benzene rings is 1. The molecule has 25 heavy (non-hydrogen) atoms. The van der Waals surface area contributed by atoms with E-state index in [4.69, 9.17) is 4.74 Å². The van der Waals surface area contributed by atoms with Crippen LogP contribution in [0, 0.1) is 0 Å². The molecule has 6 heteroatoms. The number of Topliss-reactive ketones (excluding diaryl/α,β-unsaturated/α-hetero) is 1. The maximum Gasteiger partial charge on any atom is 0.359 e. The summed E-state index contributed by atoms with van der Waals surface area (Å²) in [7, 11) is 3.77. The van der Waals surface area contributed by atoms with Crippen molar-refractivity contribution in [2.75, 3.05) is 20.7 Å². The van der Waals surface area contributed by atoms with Crippen LogP contribution in [0.1, 0.15) is 39.9 Å². The summed E-state index contributed by atoms with van der Waals surface area (Å²) in [6.45, 7) is 2.02. The van der Waals surface area contributed by atoms with E-state index in [1.165, 1.54) is 0 Å². The standard InChI is InChI=1S/C19H21N3O3/c1-4-25-19(24)16-15-11-10-13(12-21(2)3)18(23)17(15)22(20-16)14-8-6-5-7-9-14/h5-9,12H,4,10-11H2,1-3H3/b13-12+. The highest BCUT2D eigenvalue weighted by molar-refractivity contribution is 6.11. The van der Waals surface area contributed by atoms with Gasteiger partial charge in [0, 0.05) is 31.4 Å². The molecule has 0 fully saturated rings. The van der Waals surface area contributed by atoms with Gasteiger partial charge in [-0.25, -0.2) is 9.48 Å². The monoisotopic (exact) mass is 339 g/mol. The van der Waals surface area contributed by atoms with Crippen molar-refractivity contribution in [3.8, 4) is 5.69 Å². The SMILES string of the molecule is CCOC(=O)c1nn(-c2ccccc2)c2c1CC/C(=C\N(C)C)C2=O. The number of ether oxygens (including phenoxy) is 1. The highest BCUT2D eigenvalue weighted by Crippen LogP contribution is 2.30. The Morgan fingerprint density at radius 2 is 2.00 bits per heavy atom. The van der Waals surface area contributed by atoms with E-state index < -0.39 is 5.97 Å². The molecule has 0 radical (unpaired) electrons. The third kappa shape index (κ3) is 3.20. The first-order valence-electron chi connectivity index (χ1n) is 8.29. The minimum Gasteiger partial charge on any atom is -0.461 e. The van der Waals surface area contributed by atoms with Gasteiger partial charge in [-0.05, 0) is 31.9 Å². The van der Waals surface area contributed by atoms with Gasteiger partial charge in [0.05, 0.1) is 12.3 Å². The lowest BCUT2D eigenvalue weighted by molar-refractivity contribution is 0.0517. The predicted molar refractivity (Wildman–Crippen MR) is 93.9 cm³/mol. The molecule has 0 saturated heterocycles. The number of rotatable bonds is 4. The van der Waals surface area contributed by atoms with Crippen molar-refractivity contribution in [2.45, 2.75) is 19.8 Å². The molecule has 130 valence electrons. The molecular weight excluding hydrogens is 318 g/mol. The summed E-state index contributed by atoms with van der Waals surface area (Å²) in [5, 5.41) is 4.43. The number of hydrogen-bond donors (Lipinski definition) is 0. The molecule has 1 aromatic heterocycles. The first-order chi connectivity index (χ1) is 12.0. The average Bonchev–Trinajstić information content (AvgIpc) is 2.98. The van der Waals surface area contributed by atoms with Crippen molar-refractivity contribution < 1.29 is 14.3 Å². The Morgan fingerprint density at radius 1 is 1.28 bits per heavy atom. The van der Waals surface area contributed by atoms with Crippen molar-refractivity contribution >= 4 is 11.8 Å². The lowest BCUT2D eigenvalue weighted by Gasteiger charge is -2.18. The molecule has 0 bridgehead atoms. The number of esters is 1. The Kier molecular flexibility index (Phi) is 4.70. The van der Waals surface area contributed by atoms with Crippen LogP contribution >= 0.6 is 0 Å². The summed E-state index contributed by atoms with van der Waals surface area (Å²) >= 11 is 0. The van der Waals surface area contributed by atoms with Crippen LogP contribution < -0.4 is 0 Å². The van der Waals surface area contributed by atoms with Crippen molar-refractivity contribution in [3.63, 3.8) is 0 Å². The van der Waals surface area contributed by atoms with E-state index in [1.54, 1.807) is 11.6 Å². The van der Waals surface area contributed by atoms with Crippen molar-refractivity contribution in [1.29, 1.82) is 0 Å². The summed E-state index contributed by atoms with van der Waals surface area (Å²) in [4.78, 5) is 27.2. The van der Waals surface area contributed by atoms with Crippen LogP contribution in [0.25, 0.3) is 5.69 Å². The lowest BCUT2D eigenvalue weighted by Crippen LogP contribution is -2.20. The summed E-state index contributed by atoms with van der Waals surface area (Å²) in [5.74, 6) is -0.580. The number of fused-ring (bicyclic) bond motifs is 1. The maximum absolute atomic E-state index is 13.0. The third-order valence-corrected chi connectivity index (χ3v) is 4.02. The molecule has 0 amide bonds. The van der Waals surface area contributed by atoms with E-state index in [0.29, 0.717) is 29.7 Å². The van der Waals surface area contributed by atoms with E-state index in [1.807, 2.05) is 55.5 Å². The zero-order valence-electron chi connectivity index (χ0n) is 14.7. The Morgan fingerprint density at radius 3 is 2.64 bits per heavy atom. The number of para-hydroxylation sites is 1. The summed E-state index contributed by atoms with van der Waals surface area (Å²) in [5.41, 5.74) is 2.81. The van der Waals surface area contributed by atoms with Crippen LogP contribution in [0.2, 0.25) is 0 Å². The zero-order chi connectivity index (χ0) is 18.0. The topological polar surface area (TPSA) is 64.4 Å². The highest BCUT2D eigenvalue weighted by atomic mass is 16.5. The van der Waals surface area contributed by atoms with E-state index in [9.17, 15) is 9.59 Å². The zero-order valence-corrected chi connectivity index (χ0v) is 14.7. The largest absolute Gasteiger partial charge is 0.461 e. The molecule has 3 rings (SSSR count). The molecule has 1 aromatic carbocycles. The fourth-order valence-electron chi connectivity index (χ4n) is 3.00. The molecule has 0 saturated carbocycles. The molecule has 0 aliphatic heterocycles. The van der Waals surface area contributed by atoms with Crippen LogP contribution in [0.4, 0.5) is 0 Å². The van der Waals surface area contributed by atoms with Crippen LogP contribution in [0.5, 0.6) is 0 Å². The fraction of sp³-hybridized carbons (Fsp3) is 0.316. The van der Waals surface area contributed by atoms with E-state index in [2.05, 4.69) is 5.10 Å². The molecule has 0 N–H and O–H groups in total. The second-order valence-electron chi connectivity index (χ2n) is 6.09. The second-order valence-corrected chi connectivity index (χ2v) is 6.09. The number of nitrogens with zero attached hydrogens (tertiary/aromatic N) is 3. The Labute approximate surface area is 146 Å². The summed E-state index contributed by atoms with van der Waals surface area (Å²) in [6.07, 6.45) is 3.00. The van der Waals surface area contributed by atoms with Crippen LogP contribution in [-0.4, -0.2) is 47.1 Å². The second kappa shape index (κ2) is 6.93. The van der Waals surface area contributed by atoms with Gasteiger partial charge in [0.1, 0.15) is 5.69 Å². The van der Waals surface area contributed by atoms with E-state index in [0.717, 1.165) is 5.69 Å². The van der Waals surface area contributed by atoms with Gasteiger partial charge in [0.15, 0.2) is 5.69 Å². The van der Waals surface area contributed by atoms with Crippen LogP contribution in [0.3, 0.4) is 0 Å². The molecule has 0 spiro atoms. The molecule has 0 unspecified atom stereocenters. The minimum atomic E-state index is -0.485. The quantitative estimate of drug-likeness (QED) is 0.633. The number of hydrogen-bond acceptors (Lipinski definition) is 5. The van der Waals surface area contributed by atoms with Gasteiger partial charge < -0.3 is 9.64 Å². The van der Waals surface area contributed by atoms with Crippen molar-refractivity contribution in [2.24, 2.45) is 0 Å². The van der Waals surface area contributed by atoms with Crippen LogP contribution in [0.15, 0.2) is 42.1 Å². The Hall–Kier alpha value is -2.89. The van der Waals surface area contributed by atoms with Gasteiger partial charge in [-0.3, -0.25) is 4.79 Å². The first kappa shape index (κ1) is 17.0. The lowest BCUT2D eigenvalue weighted by atomic mass is 9.90. The number of carbonyl (C=O) groups excluding carboxylic acids is 2. The maximum atomic E-state index is 13.0. The number of allylic oxidation sites excluding steroid dienone is 1. The van der Waals surface area contributed by atoms with Gasteiger partial charge in [-0.2, -0.15) is 5.10 Å². The first-order valence-corrected chi connectivity index (χ1v) is 8.29. The van der Waals surface area contributed by atoms with Gasteiger partial charge in [-0.1, -0.05) is 18.2 Å². The number of carbonyl (C=O) groups is 2. The fourth-order valence-corrected chi connectivity index (χ4v) is 3.00. The third-order valence-electron chi connectivity index (χ3n) is 4.02. The predicted octanol–water partition coefficient (Wildman–Crippen LogP) is 2.62. The number of aromatic nitrogens is 2. The highest BCUT2D eigenvalue weighted by Gasteiger charge is 2.33. The van der Waals surface area contributed by atoms with Gasteiger partial charge in [0.2, 0.25) is 5.78 Å². The normalized spacial score (nSPS) is 15.2. The summed E-state index contributed by atoms with van der Waals surface area (Å²) in [6, 6.07) is 9.36. The van der Waals surface area contributed by atoms with Gasteiger partial charge >= 0.3 is 5.97 Å². The van der Waals surface area contributed by atoms with Gasteiger partial charge in [0.25, 0.3) is 0 Å². The molecule has 6 nitrogen and oxygen atoms in total. The minimum absolute atomic E-state index is 0.0955. The van der Waals surface area contributed by atoms with Gasteiger partial charge in [-0.15, -0.1) is 0 Å². The smallest absolute Gasteiger partial charge is 0.359 e. The molecule has 1 aliphatic rings. The molecule has 1 aliphatic carbocycles. The Balaban J connectivity index is 2.17.